The summed E-state index contributed by atoms with van der Waals surface area (Å²) in [7, 11) is 0. The average Bonchev–Trinajstić information content (AvgIpc) is 2.48. The van der Waals surface area contributed by atoms with Gasteiger partial charge in [-0.1, -0.05) is 13.8 Å². The Balaban J connectivity index is 2.62. The molecule has 1 rings (SSSR count). The second kappa shape index (κ2) is 9.63. The highest BCUT2D eigenvalue weighted by Gasteiger charge is 2.10. The van der Waals surface area contributed by atoms with Gasteiger partial charge < -0.3 is 10.2 Å². The number of rotatable bonds is 10. The van der Waals surface area contributed by atoms with Gasteiger partial charge in [-0.15, -0.1) is 0 Å². The van der Waals surface area contributed by atoms with Crippen LogP contribution in [0.5, 0.6) is 0 Å². The lowest BCUT2D eigenvalue weighted by molar-refractivity contribution is -0.384. The number of nitrogens with one attached hydrogen (secondary N) is 1. The van der Waals surface area contributed by atoms with Crippen molar-refractivity contribution >= 4 is 23.1 Å². The van der Waals surface area contributed by atoms with E-state index in [2.05, 4.69) is 24.1 Å². The van der Waals surface area contributed by atoms with Crippen LogP contribution in [-0.4, -0.2) is 41.8 Å². The molecule has 0 atom stereocenters. The maximum atomic E-state index is 10.9. The van der Waals surface area contributed by atoms with Crippen molar-refractivity contribution < 1.29 is 4.92 Å². The number of thioether (sulfide) groups is 1. The molecular formula is C15H25N3O2S. The highest BCUT2D eigenvalue weighted by atomic mass is 32.2. The van der Waals surface area contributed by atoms with E-state index in [-0.39, 0.29) is 10.6 Å². The number of nitro benzene ring substituents is 1. The van der Waals surface area contributed by atoms with E-state index < -0.39 is 0 Å². The maximum Gasteiger partial charge on any atom is 0.269 e. The minimum Gasteiger partial charge on any atom is -0.385 e. The van der Waals surface area contributed by atoms with Crippen LogP contribution in [0.2, 0.25) is 0 Å². The Hall–Kier alpha value is -1.27. The van der Waals surface area contributed by atoms with Crippen molar-refractivity contribution in [1.82, 2.24) is 4.90 Å². The second-order valence-electron chi connectivity index (χ2n) is 4.71. The van der Waals surface area contributed by atoms with E-state index in [1.807, 2.05) is 24.8 Å². The zero-order chi connectivity index (χ0) is 15.7. The van der Waals surface area contributed by atoms with Gasteiger partial charge in [-0.05, 0) is 31.6 Å². The van der Waals surface area contributed by atoms with Crippen molar-refractivity contribution in [1.29, 1.82) is 0 Å². The zero-order valence-corrected chi connectivity index (χ0v) is 13.9. The molecule has 0 aromatic heterocycles. The Morgan fingerprint density at radius 2 is 2.00 bits per heavy atom. The lowest BCUT2D eigenvalue weighted by Crippen LogP contribution is -2.25. The van der Waals surface area contributed by atoms with Crippen LogP contribution in [0.3, 0.4) is 0 Å². The van der Waals surface area contributed by atoms with Gasteiger partial charge in [0.1, 0.15) is 0 Å². The molecule has 0 fully saturated rings. The van der Waals surface area contributed by atoms with Crippen LogP contribution in [-0.2, 0) is 5.75 Å². The van der Waals surface area contributed by atoms with Gasteiger partial charge in [0, 0.05) is 42.4 Å². The Morgan fingerprint density at radius 1 is 1.29 bits per heavy atom. The van der Waals surface area contributed by atoms with Crippen LogP contribution < -0.4 is 5.32 Å². The van der Waals surface area contributed by atoms with Gasteiger partial charge in [-0.3, -0.25) is 10.1 Å². The monoisotopic (exact) mass is 311 g/mol. The Labute approximate surface area is 131 Å². The lowest BCUT2D eigenvalue weighted by Gasteiger charge is -2.17. The summed E-state index contributed by atoms with van der Waals surface area (Å²) in [4.78, 5) is 12.9. The molecule has 1 aromatic rings. The molecule has 6 heteroatoms. The molecule has 0 aliphatic rings. The molecule has 0 saturated heterocycles. The third-order valence-electron chi connectivity index (χ3n) is 3.37. The second-order valence-corrected chi connectivity index (χ2v) is 5.81. The number of hydrogen-bond acceptors (Lipinski definition) is 5. The normalized spacial score (nSPS) is 10.9. The lowest BCUT2D eigenvalue weighted by atomic mass is 10.2. The fourth-order valence-electron chi connectivity index (χ4n) is 2.09. The molecule has 0 radical (unpaired) electrons. The van der Waals surface area contributed by atoms with E-state index in [0.29, 0.717) is 0 Å². The molecule has 0 heterocycles. The molecule has 1 N–H and O–H groups in total. The molecule has 0 saturated carbocycles. The first kappa shape index (κ1) is 17.8. The van der Waals surface area contributed by atoms with E-state index in [9.17, 15) is 10.1 Å². The third-order valence-corrected chi connectivity index (χ3v) is 4.36. The van der Waals surface area contributed by atoms with Crippen LogP contribution in [0, 0.1) is 10.1 Å². The van der Waals surface area contributed by atoms with Gasteiger partial charge in [0.15, 0.2) is 0 Å². The number of nitro groups is 1. The van der Waals surface area contributed by atoms with Gasteiger partial charge >= 0.3 is 0 Å². The van der Waals surface area contributed by atoms with Crippen molar-refractivity contribution in [3.05, 3.63) is 33.9 Å². The molecule has 1 aromatic carbocycles. The summed E-state index contributed by atoms with van der Waals surface area (Å²) in [5, 5.41) is 14.2. The molecular weight excluding hydrogens is 286 g/mol. The summed E-state index contributed by atoms with van der Waals surface area (Å²) in [6.07, 6.45) is 0. The quantitative estimate of drug-likeness (QED) is 0.406. The van der Waals surface area contributed by atoms with Crippen LogP contribution >= 0.6 is 11.8 Å². The largest absolute Gasteiger partial charge is 0.385 e. The predicted molar refractivity (Wildman–Crippen MR) is 91.2 cm³/mol. The molecule has 0 bridgehead atoms. The predicted octanol–water partition coefficient (Wildman–Crippen LogP) is 3.60. The molecule has 0 amide bonds. The van der Waals surface area contributed by atoms with E-state index in [4.69, 9.17) is 0 Å². The average molecular weight is 311 g/mol. The van der Waals surface area contributed by atoms with Gasteiger partial charge in [0.2, 0.25) is 0 Å². The fraction of sp³-hybridized carbons (Fsp3) is 0.600. The van der Waals surface area contributed by atoms with Gasteiger partial charge in [0.25, 0.3) is 5.69 Å². The summed E-state index contributed by atoms with van der Waals surface area (Å²) >= 11 is 1.82. The minimum absolute atomic E-state index is 0.163. The number of hydrogen-bond donors (Lipinski definition) is 1. The van der Waals surface area contributed by atoms with E-state index in [0.717, 1.165) is 48.9 Å². The van der Waals surface area contributed by atoms with E-state index >= 15 is 0 Å². The van der Waals surface area contributed by atoms with Gasteiger partial charge in [-0.25, -0.2) is 0 Å². The van der Waals surface area contributed by atoms with Crippen molar-refractivity contribution in [2.45, 2.75) is 26.5 Å². The Bertz CT molecular complexity index is 451. The van der Waals surface area contributed by atoms with Crippen molar-refractivity contribution in [3.8, 4) is 0 Å². The topological polar surface area (TPSA) is 58.4 Å². The fourth-order valence-corrected chi connectivity index (χ4v) is 3.08. The Kier molecular flexibility index (Phi) is 8.15. The summed E-state index contributed by atoms with van der Waals surface area (Å²) in [5.74, 6) is 1.83. The molecule has 0 aliphatic carbocycles. The van der Waals surface area contributed by atoms with Crippen LogP contribution in [0.25, 0.3) is 0 Å². The molecule has 0 spiro atoms. The minimum atomic E-state index is -0.334. The number of anilines is 1. The SMILES string of the molecule is CCNc1ccc([N+](=O)[O-])cc1CSCCN(CC)CC. The molecule has 0 aliphatic heterocycles. The number of benzene rings is 1. The first-order valence-electron chi connectivity index (χ1n) is 7.43. The summed E-state index contributed by atoms with van der Waals surface area (Å²) in [5.41, 5.74) is 2.17. The van der Waals surface area contributed by atoms with Gasteiger partial charge in [0.05, 0.1) is 4.92 Å². The zero-order valence-electron chi connectivity index (χ0n) is 13.1. The smallest absolute Gasteiger partial charge is 0.269 e. The maximum absolute atomic E-state index is 10.9. The highest BCUT2D eigenvalue weighted by molar-refractivity contribution is 7.98. The standard InChI is InChI=1S/C15H25N3O2S/c1-4-16-15-8-7-14(18(19)20)11-13(15)12-21-10-9-17(5-2)6-3/h7-8,11,16H,4-6,9-10,12H2,1-3H3. The number of nitrogens with zero attached hydrogens (tertiary/aromatic N) is 2. The molecule has 118 valence electrons. The van der Waals surface area contributed by atoms with Crippen molar-refractivity contribution in [3.63, 3.8) is 0 Å². The molecule has 0 unspecified atom stereocenters. The summed E-state index contributed by atoms with van der Waals surface area (Å²) in [6.45, 7) is 10.4. The molecule has 21 heavy (non-hydrogen) atoms. The van der Waals surface area contributed by atoms with E-state index in [1.54, 1.807) is 12.1 Å². The van der Waals surface area contributed by atoms with Crippen LogP contribution in [0.1, 0.15) is 26.3 Å². The van der Waals surface area contributed by atoms with Crippen LogP contribution in [0.15, 0.2) is 18.2 Å². The van der Waals surface area contributed by atoms with E-state index in [1.165, 1.54) is 0 Å². The summed E-state index contributed by atoms with van der Waals surface area (Å²) in [6, 6.07) is 5.05. The third kappa shape index (κ3) is 5.93. The van der Waals surface area contributed by atoms with Gasteiger partial charge in [-0.2, -0.15) is 11.8 Å². The molecule has 5 nitrogen and oxygen atoms in total. The Morgan fingerprint density at radius 3 is 2.57 bits per heavy atom. The summed E-state index contributed by atoms with van der Waals surface area (Å²) < 4.78 is 0. The van der Waals surface area contributed by atoms with Crippen molar-refractivity contribution in [2.75, 3.05) is 37.2 Å². The highest BCUT2D eigenvalue weighted by Crippen LogP contribution is 2.26. The van der Waals surface area contributed by atoms with Crippen molar-refractivity contribution in [2.24, 2.45) is 0 Å². The first-order valence-corrected chi connectivity index (χ1v) is 8.59. The van der Waals surface area contributed by atoms with Crippen LogP contribution in [0.4, 0.5) is 11.4 Å². The first-order chi connectivity index (χ1) is 10.1. The number of non-ortho nitro benzene ring substituents is 1.